The van der Waals surface area contributed by atoms with E-state index in [4.69, 9.17) is 25.5 Å². The van der Waals surface area contributed by atoms with Crippen LogP contribution in [0.4, 0.5) is 0 Å². The molecule has 114 valence electrons. The Labute approximate surface area is 130 Å². The third-order valence-electron chi connectivity index (χ3n) is 3.23. The van der Waals surface area contributed by atoms with Crippen LogP contribution in [0.3, 0.4) is 0 Å². The molecule has 4 nitrogen and oxygen atoms in total. The molecule has 5 heteroatoms. The van der Waals surface area contributed by atoms with Gasteiger partial charge in [-0.1, -0.05) is 18.5 Å². The van der Waals surface area contributed by atoms with Gasteiger partial charge in [0.05, 0.1) is 27.0 Å². The van der Waals surface area contributed by atoms with Gasteiger partial charge in [-0.3, -0.25) is 0 Å². The van der Waals surface area contributed by atoms with Crippen molar-refractivity contribution in [2.24, 2.45) is 0 Å². The molecule has 2 rings (SSSR count). The maximum Gasteiger partial charge on any atom is 0.149 e. The van der Waals surface area contributed by atoms with Gasteiger partial charge in [0.1, 0.15) is 22.3 Å². The van der Waals surface area contributed by atoms with Crippen LogP contribution >= 0.6 is 11.6 Å². The predicted octanol–water partition coefficient (Wildman–Crippen LogP) is 4.12. The Balaban J connectivity index is 2.38. The third-order valence-corrected chi connectivity index (χ3v) is 3.59. The van der Waals surface area contributed by atoms with Crippen molar-refractivity contribution >= 4 is 11.6 Å². The Morgan fingerprint density at radius 1 is 1.14 bits per heavy atom. The van der Waals surface area contributed by atoms with Crippen molar-refractivity contribution in [1.82, 2.24) is 5.32 Å². The highest BCUT2D eigenvalue weighted by molar-refractivity contribution is 6.34. The van der Waals surface area contributed by atoms with E-state index in [0.717, 1.165) is 29.9 Å². The molecular weight excluding hydrogens is 290 g/mol. The Bertz CT molecular complexity index is 595. The van der Waals surface area contributed by atoms with Crippen LogP contribution in [0.1, 0.15) is 19.1 Å². The molecule has 0 spiro atoms. The summed E-state index contributed by atoms with van der Waals surface area (Å²) >= 11 is 6.31. The van der Waals surface area contributed by atoms with Crippen LogP contribution in [-0.4, -0.2) is 20.8 Å². The molecule has 0 saturated heterocycles. The van der Waals surface area contributed by atoms with E-state index in [1.54, 1.807) is 20.5 Å². The largest absolute Gasteiger partial charge is 0.495 e. The molecule has 0 fully saturated rings. The predicted molar refractivity (Wildman–Crippen MR) is 84.3 cm³/mol. The van der Waals surface area contributed by atoms with Gasteiger partial charge in [0.2, 0.25) is 0 Å². The standard InChI is InChI=1S/C16H20ClNO3/c1-4-8-18-10-14-11(7-9-21-14)12-5-6-13(19-2)15(17)16(12)20-3/h5-7,9,18H,4,8,10H2,1-3H3. The molecule has 1 aromatic heterocycles. The highest BCUT2D eigenvalue weighted by atomic mass is 35.5. The lowest BCUT2D eigenvalue weighted by Gasteiger charge is -2.13. The van der Waals surface area contributed by atoms with E-state index in [2.05, 4.69) is 12.2 Å². The summed E-state index contributed by atoms with van der Waals surface area (Å²) in [6, 6.07) is 5.68. The molecule has 1 heterocycles. The number of furan rings is 1. The maximum absolute atomic E-state index is 6.31. The molecule has 0 saturated carbocycles. The molecule has 0 atom stereocenters. The molecular formula is C16H20ClNO3. The van der Waals surface area contributed by atoms with Crippen LogP contribution in [0.25, 0.3) is 11.1 Å². The summed E-state index contributed by atoms with van der Waals surface area (Å²) in [6.07, 6.45) is 2.75. The van der Waals surface area contributed by atoms with E-state index in [1.165, 1.54) is 0 Å². The van der Waals surface area contributed by atoms with Gasteiger partial charge < -0.3 is 19.2 Å². The van der Waals surface area contributed by atoms with Gasteiger partial charge in [-0.15, -0.1) is 0 Å². The van der Waals surface area contributed by atoms with Crippen molar-refractivity contribution < 1.29 is 13.9 Å². The first-order chi connectivity index (χ1) is 10.2. The number of ether oxygens (including phenoxy) is 2. The summed E-state index contributed by atoms with van der Waals surface area (Å²) in [6.45, 7) is 3.74. The molecule has 2 aromatic rings. The normalized spacial score (nSPS) is 10.7. The summed E-state index contributed by atoms with van der Waals surface area (Å²) in [5.74, 6) is 2.04. The number of benzene rings is 1. The Hall–Kier alpha value is -1.65. The second-order valence-electron chi connectivity index (χ2n) is 4.60. The first kappa shape index (κ1) is 15.7. The van der Waals surface area contributed by atoms with Crippen molar-refractivity contribution in [3.05, 3.63) is 35.2 Å². The van der Waals surface area contributed by atoms with Crippen molar-refractivity contribution in [3.8, 4) is 22.6 Å². The molecule has 0 radical (unpaired) electrons. The molecule has 0 amide bonds. The summed E-state index contributed by atoms with van der Waals surface area (Å²) in [5.41, 5.74) is 1.87. The molecule has 0 aliphatic carbocycles. The van der Waals surface area contributed by atoms with Crippen LogP contribution in [0.2, 0.25) is 5.02 Å². The molecule has 1 aromatic carbocycles. The second-order valence-corrected chi connectivity index (χ2v) is 4.97. The second kappa shape index (κ2) is 7.38. The number of halogens is 1. The SMILES string of the molecule is CCCNCc1occc1-c1ccc(OC)c(Cl)c1OC. The topological polar surface area (TPSA) is 43.6 Å². The lowest BCUT2D eigenvalue weighted by atomic mass is 10.0. The van der Waals surface area contributed by atoms with E-state index in [0.29, 0.717) is 23.1 Å². The fourth-order valence-electron chi connectivity index (χ4n) is 2.20. The Morgan fingerprint density at radius 2 is 1.95 bits per heavy atom. The Kier molecular flexibility index (Phi) is 5.53. The van der Waals surface area contributed by atoms with Crippen molar-refractivity contribution in [3.63, 3.8) is 0 Å². The fourth-order valence-corrected chi connectivity index (χ4v) is 2.52. The smallest absolute Gasteiger partial charge is 0.149 e. The summed E-state index contributed by atoms with van der Waals surface area (Å²) in [5, 5.41) is 3.79. The van der Waals surface area contributed by atoms with Gasteiger partial charge >= 0.3 is 0 Å². The van der Waals surface area contributed by atoms with E-state index in [9.17, 15) is 0 Å². The number of hydrogen-bond acceptors (Lipinski definition) is 4. The number of nitrogens with one attached hydrogen (secondary N) is 1. The highest BCUT2D eigenvalue weighted by Crippen LogP contribution is 2.42. The average Bonchev–Trinajstić information content (AvgIpc) is 2.95. The van der Waals surface area contributed by atoms with Crippen LogP contribution in [0, 0.1) is 0 Å². The average molecular weight is 310 g/mol. The summed E-state index contributed by atoms with van der Waals surface area (Å²) in [7, 11) is 3.18. The number of methoxy groups -OCH3 is 2. The van der Waals surface area contributed by atoms with Crippen molar-refractivity contribution in [2.45, 2.75) is 19.9 Å². The molecule has 1 N–H and O–H groups in total. The number of hydrogen-bond donors (Lipinski definition) is 1. The van der Waals surface area contributed by atoms with Gasteiger partial charge in [-0.2, -0.15) is 0 Å². The monoisotopic (exact) mass is 309 g/mol. The van der Waals surface area contributed by atoms with Gasteiger partial charge in [0.15, 0.2) is 0 Å². The molecule has 0 unspecified atom stereocenters. The van der Waals surface area contributed by atoms with Crippen LogP contribution < -0.4 is 14.8 Å². The summed E-state index contributed by atoms with van der Waals surface area (Å²) in [4.78, 5) is 0. The van der Waals surface area contributed by atoms with E-state index < -0.39 is 0 Å². The minimum atomic E-state index is 0.464. The number of rotatable bonds is 7. The molecule has 0 aliphatic heterocycles. The van der Waals surface area contributed by atoms with Gasteiger partial charge in [-0.25, -0.2) is 0 Å². The zero-order valence-electron chi connectivity index (χ0n) is 12.5. The summed E-state index contributed by atoms with van der Waals surface area (Å²) < 4.78 is 16.2. The van der Waals surface area contributed by atoms with E-state index in [1.807, 2.05) is 18.2 Å². The first-order valence-electron chi connectivity index (χ1n) is 6.90. The fraction of sp³-hybridized carbons (Fsp3) is 0.375. The molecule has 21 heavy (non-hydrogen) atoms. The van der Waals surface area contributed by atoms with Crippen LogP contribution in [0.15, 0.2) is 28.9 Å². The lowest BCUT2D eigenvalue weighted by Crippen LogP contribution is -2.13. The van der Waals surface area contributed by atoms with E-state index in [-0.39, 0.29) is 0 Å². The minimum Gasteiger partial charge on any atom is -0.495 e. The van der Waals surface area contributed by atoms with Gasteiger partial charge in [-0.05, 0) is 31.2 Å². The third kappa shape index (κ3) is 3.34. The molecule has 0 bridgehead atoms. The van der Waals surface area contributed by atoms with Gasteiger partial charge in [0, 0.05) is 11.1 Å². The molecule has 0 aliphatic rings. The highest BCUT2D eigenvalue weighted by Gasteiger charge is 2.18. The lowest BCUT2D eigenvalue weighted by molar-refractivity contribution is 0.395. The first-order valence-corrected chi connectivity index (χ1v) is 7.28. The zero-order valence-corrected chi connectivity index (χ0v) is 13.3. The van der Waals surface area contributed by atoms with Crippen LogP contribution in [0.5, 0.6) is 11.5 Å². The maximum atomic E-state index is 6.31. The quantitative estimate of drug-likeness (QED) is 0.781. The zero-order chi connectivity index (χ0) is 15.2. The minimum absolute atomic E-state index is 0.464. The Morgan fingerprint density at radius 3 is 2.62 bits per heavy atom. The van der Waals surface area contributed by atoms with E-state index >= 15 is 0 Å². The van der Waals surface area contributed by atoms with Crippen molar-refractivity contribution in [1.29, 1.82) is 0 Å². The van der Waals surface area contributed by atoms with Gasteiger partial charge in [0.25, 0.3) is 0 Å². The van der Waals surface area contributed by atoms with Crippen LogP contribution in [-0.2, 0) is 6.54 Å². The van der Waals surface area contributed by atoms with Crippen molar-refractivity contribution in [2.75, 3.05) is 20.8 Å².